The number of fused-ring (bicyclic) bond motifs is 1. The molecule has 6 nitrogen and oxygen atoms in total. The fraction of sp³-hybridized carbons (Fsp3) is 0.357. The summed E-state index contributed by atoms with van der Waals surface area (Å²) in [6.07, 6.45) is -0.580. The Balaban J connectivity index is 2.11. The SMILES string of the molecule is [2H]C=C[C@]1(O)C(n2cnc3ccccc32)O[C@H](CO)[C@H]1O. The van der Waals surface area contributed by atoms with Crippen molar-refractivity contribution in [1.82, 2.24) is 9.55 Å². The summed E-state index contributed by atoms with van der Waals surface area (Å²) in [5, 5.41) is 30.2. The van der Waals surface area contributed by atoms with Crippen molar-refractivity contribution in [3.8, 4) is 0 Å². The fourth-order valence-corrected chi connectivity index (χ4v) is 2.57. The maximum Gasteiger partial charge on any atom is 0.171 e. The van der Waals surface area contributed by atoms with Gasteiger partial charge in [0, 0.05) is 0 Å². The first-order valence-corrected chi connectivity index (χ1v) is 6.26. The van der Waals surface area contributed by atoms with Crippen LogP contribution in [0.25, 0.3) is 11.0 Å². The normalized spacial score (nSPS) is 35.0. The van der Waals surface area contributed by atoms with Gasteiger partial charge in [-0.1, -0.05) is 24.8 Å². The van der Waals surface area contributed by atoms with Crippen molar-refractivity contribution in [1.29, 1.82) is 0 Å². The molecular weight excluding hydrogens is 260 g/mol. The zero-order valence-electron chi connectivity index (χ0n) is 11.6. The van der Waals surface area contributed by atoms with E-state index in [1.54, 1.807) is 4.57 Å². The van der Waals surface area contributed by atoms with E-state index in [2.05, 4.69) is 4.98 Å². The van der Waals surface area contributed by atoms with E-state index in [9.17, 15) is 15.3 Å². The Morgan fingerprint density at radius 1 is 1.55 bits per heavy atom. The van der Waals surface area contributed by atoms with Gasteiger partial charge in [-0.25, -0.2) is 4.98 Å². The molecule has 106 valence electrons. The lowest BCUT2D eigenvalue weighted by Crippen LogP contribution is -2.45. The largest absolute Gasteiger partial charge is 0.394 e. The minimum Gasteiger partial charge on any atom is -0.394 e. The van der Waals surface area contributed by atoms with Crippen LogP contribution in [-0.2, 0) is 4.74 Å². The quantitative estimate of drug-likeness (QED) is 0.698. The second-order valence-corrected chi connectivity index (χ2v) is 4.85. The van der Waals surface area contributed by atoms with Crippen LogP contribution in [0.2, 0.25) is 0 Å². The molecule has 0 spiro atoms. The van der Waals surface area contributed by atoms with Crippen LogP contribution in [0.5, 0.6) is 0 Å². The molecule has 0 amide bonds. The maximum atomic E-state index is 10.7. The van der Waals surface area contributed by atoms with Crippen molar-refractivity contribution in [3.63, 3.8) is 0 Å². The summed E-state index contributed by atoms with van der Waals surface area (Å²) in [6.45, 7) is 0.469. The molecule has 0 bridgehead atoms. The highest BCUT2D eigenvalue weighted by Gasteiger charge is 2.54. The molecule has 6 heteroatoms. The Kier molecular flexibility index (Phi) is 2.82. The number of hydrogen-bond acceptors (Lipinski definition) is 5. The topological polar surface area (TPSA) is 87.7 Å². The van der Waals surface area contributed by atoms with Crippen molar-refractivity contribution in [2.45, 2.75) is 24.0 Å². The average molecular weight is 277 g/mol. The highest BCUT2D eigenvalue weighted by Crippen LogP contribution is 2.40. The third-order valence-corrected chi connectivity index (χ3v) is 3.71. The first-order valence-electron chi connectivity index (χ1n) is 6.84. The summed E-state index contributed by atoms with van der Waals surface area (Å²) in [5.41, 5.74) is -0.358. The molecule has 1 saturated heterocycles. The summed E-state index contributed by atoms with van der Waals surface area (Å²) >= 11 is 0. The van der Waals surface area contributed by atoms with Gasteiger partial charge in [0.25, 0.3) is 0 Å². The summed E-state index contributed by atoms with van der Waals surface area (Å²) in [5.74, 6) is 0. The third-order valence-electron chi connectivity index (χ3n) is 3.71. The Morgan fingerprint density at radius 2 is 2.35 bits per heavy atom. The van der Waals surface area contributed by atoms with Crippen LogP contribution in [0.3, 0.4) is 0 Å². The Morgan fingerprint density at radius 3 is 3.10 bits per heavy atom. The van der Waals surface area contributed by atoms with E-state index in [4.69, 9.17) is 6.11 Å². The van der Waals surface area contributed by atoms with Gasteiger partial charge in [0.15, 0.2) is 11.8 Å². The summed E-state index contributed by atoms with van der Waals surface area (Å²) in [6, 6.07) is 7.31. The number of rotatable bonds is 3. The Bertz CT molecular complexity index is 674. The monoisotopic (exact) mass is 277 g/mol. The zero-order valence-corrected chi connectivity index (χ0v) is 10.6. The lowest BCUT2D eigenvalue weighted by molar-refractivity contribution is -0.0768. The minimum absolute atomic E-state index is 0.432. The van der Waals surface area contributed by atoms with Gasteiger partial charge in [0.05, 0.1) is 25.3 Å². The molecule has 3 N–H and O–H groups in total. The van der Waals surface area contributed by atoms with E-state index in [0.29, 0.717) is 0 Å². The number of ether oxygens (including phenoxy) is 1. The molecule has 20 heavy (non-hydrogen) atoms. The van der Waals surface area contributed by atoms with Gasteiger partial charge in [0.1, 0.15) is 12.2 Å². The van der Waals surface area contributed by atoms with Crippen LogP contribution in [-0.4, -0.2) is 49.3 Å². The molecule has 2 heterocycles. The molecule has 0 radical (unpaired) electrons. The van der Waals surface area contributed by atoms with Crippen LogP contribution < -0.4 is 0 Å². The number of aromatic nitrogens is 2. The van der Waals surface area contributed by atoms with Gasteiger partial charge in [-0.2, -0.15) is 0 Å². The van der Waals surface area contributed by atoms with Crippen LogP contribution in [0, 0.1) is 0 Å². The molecule has 1 unspecified atom stereocenters. The lowest BCUT2D eigenvalue weighted by Gasteiger charge is -2.28. The molecule has 1 fully saturated rings. The highest BCUT2D eigenvalue weighted by molar-refractivity contribution is 5.75. The molecule has 4 atom stereocenters. The zero-order chi connectivity index (χ0) is 15.0. The molecule has 3 rings (SSSR count). The van der Waals surface area contributed by atoms with E-state index in [1.807, 2.05) is 24.3 Å². The third kappa shape index (κ3) is 1.70. The van der Waals surface area contributed by atoms with Crippen LogP contribution in [0.1, 0.15) is 7.60 Å². The van der Waals surface area contributed by atoms with E-state index >= 15 is 0 Å². The molecule has 1 aliphatic rings. The molecule has 0 saturated carbocycles. The van der Waals surface area contributed by atoms with E-state index in [1.165, 1.54) is 6.33 Å². The van der Waals surface area contributed by atoms with Crippen LogP contribution in [0.4, 0.5) is 0 Å². The molecule has 1 aliphatic heterocycles. The summed E-state index contributed by atoms with van der Waals surface area (Å²) < 4.78 is 14.4. The first-order chi connectivity index (χ1) is 10.1. The van der Waals surface area contributed by atoms with Gasteiger partial charge in [0.2, 0.25) is 0 Å². The van der Waals surface area contributed by atoms with Crippen LogP contribution in [0.15, 0.2) is 43.2 Å². The predicted octanol–water partition coefficient (Wildman–Crippen LogP) is 0.204. The lowest BCUT2D eigenvalue weighted by atomic mass is 9.94. The standard InChI is InChI=1S/C14H16N2O4/c1-2-14(19)12(18)11(7-17)20-13(14)16-8-15-9-5-3-4-6-10(9)16/h2-6,8,11-13,17-19H,1,7H2/t11-,12-,13?,14-/m1/s1/i1D. The number of nitrogens with zero attached hydrogens (tertiary/aromatic N) is 2. The minimum atomic E-state index is -1.81. The molecule has 1 aromatic heterocycles. The van der Waals surface area contributed by atoms with Gasteiger partial charge < -0.3 is 24.6 Å². The maximum absolute atomic E-state index is 10.7. The molecule has 2 aromatic rings. The van der Waals surface area contributed by atoms with Crippen molar-refractivity contribution in [2.24, 2.45) is 0 Å². The smallest absolute Gasteiger partial charge is 0.171 e. The number of imidazole rings is 1. The van der Waals surface area contributed by atoms with Crippen molar-refractivity contribution in [2.75, 3.05) is 6.61 Å². The number of benzene rings is 1. The summed E-state index contributed by atoms with van der Waals surface area (Å²) in [4.78, 5) is 4.22. The summed E-state index contributed by atoms with van der Waals surface area (Å²) in [7, 11) is 0. The second-order valence-electron chi connectivity index (χ2n) is 4.85. The highest BCUT2D eigenvalue weighted by atomic mass is 16.6. The van der Waals surface area contributed by atoms with E-state index in [-0.39, 0.29) is 0 Å². The Hall–Kier alpha value is -1.73. The van der Waals surface area contributed by atoms with Gasteiger partial charge in [-0.05, 0) is 12.1 Å². The van der Waals surface area contributed by atoms with Crippen LogP contribution >= 0.6 is 0 Å². The average Bonchev–Trinajstić information content (AvgIpc) is 3.01. The number of hydrogen-bond donors (Lipinski definition) is 3. The number of aliphatic hydroxyl groups excluding tert-OH is 2. The van der Waals surface area contributed by atoms with Crippen molar-refractivity contribution >= 4 is 11.0 Å². The Labute approximate surface area is 117 Å². The fourth-order valence-electron chi connectivity index (χ4n) is 2.57. The van der Waals surface area contributed by atoms with Gasteiger partial charge in [-0.3, -0.25) is 0 Å². The first kappa shape index (κ1) is 12.0. The van der Waals surface area contributed by atoms with E-state index in [0.717, 1.165) is 23.7 Å². The number of aliphatic hydroxyl groups is 3. The molecular formula is C14H16N2O4. The molecule has 0 aliphatic carbocycles. The second kappa shape index (κ2) is 4.68. The van der Waals surface area contributed by atoms with Gasteiger partial charge in [-0.15, -0.1) is 0 Å². The van der Waals surface area contributed by atoms with Crippen molar-refractivity contribution < 1.29 is 21.4 Å². The predicted molar refractivity (Wildman–Crippen MR) is 71.9 cm³/mol. The molecule has 1 aromatic carbocycles. The van der Waals surface area contributed by atoms with Crippen molar-refractivity contribution in [3.05, 3.63) is 43.2 Å². The van der Waals surface area contributed by atoms with E-state index < -0.39 is 30.6 Å². The number of para-hydroxylation sites is 2. The van der Waals surface area contributed by atoms with Gasteiger partial charge >= 0.3 is 0 Å².